The number of hydrogen-bond acceptors (Lipinski definition) is 5. The quantitative estimate of drug-likeness (QED) is 0.358. The molecule has 206 valence electrons. The largest absolute Gasteiger partial charge is 0.486 e. The molecule has 0 saturated carbocycles. The van der Waals surface area contributed by atoms with Crippen LogP contribution in [0, 0.1) is 27.7 Å². The number of carbonyl (C=O) groups is 2. The van der Waals surface area contributed by atoms with E-state index >= 15 is 0 Å². The summed E-state index contributed by atoms with van der Waals surface area (Å²) in [7, 11) is 0. The number of amides is 1. The molecule has 1 aliphatic heterocycles. The maximum absolute atomic E-state index is 12.8. The number of aliphatic carboxylic acids is 1. The average molecular weight is 532 g/mol. The molecule has 1 amide bonds. The van der Waals surface area contributed by atoms with Gasteiger partial charge in [-0.05, 0) is 99.5 Å². The molecule has 2 N–H and O–H groups in total. The topological polar surface area (TPSA) is 94.1 Å². The van der Waals surface area contributed by atoms with Gasteiger partial charge in [-0.25, -0.2) is 4.79 Å². The lowest BCUT2D eigenvalue weighted by atomic mass is 9.82. The molecular formula is C32H37NO6. The zero-order valence-electron chi connectivity index (χ0n) is 23.9. The van der Waals surface area contributed by atoms with Crippen LogP contribution in [0.4, 0.5) is 5.69 Å². The summed E-state index contributed by atoms with van der Waals surface area (Å²) in [6.45, 7) is 15.7. The standard InChI is InChI=1S/C32H37NO6/c1-17-9-10-22(15-18(17)2)27-19(3)26(23-11-12-24-25(16-23)38-14-13-37-24)28(20(4)29(27)33-21(5)34)30(31(35)36)39-32(6,7)8/h9-12,15-16,30H,13-14H2,1-8H3,(H,33,34)(H,35,36). The molecule has 1 atom stereocenters. The first-order chi connectivity index (χ1) is 18.3. The highest BCUT2D eigenvalue weighted by Crippen LogP contribution is 2.48. The molecule has 0 saturated heterocycles. The molecule has 0 aliphatic carbocycles. The first-order valence-corrected chi connectivity index (χ1v) is 13.1. The molecule has 1 unspecified atom stereocenters. The van der Waals surface area contributed by atoms with E-state index in [1.54, 1.807) is 0 Å². The van der Waals surface area contributed by atoms with Crippen LogP contribution in [-0.4, -0.2) is 35.8 Å². The van der Waals surface area contributed by atoms with Crippen molar-refractivity contribution in [3.8, 4) is 33.8 Å². The molecule has 7 nitrogen and oxygen atoms in total. The average Bonchev–Trinajstić information content (AvgIpc) is 2.85. The van der Waals surface area contributed by atoms with E-state index in [0.29, 0.717) is 41.5 Å². The normalized spacial score (nSPS) is 13.6. The van der Waals surface area contributed by atoms with E-state index in [9.17, 15) is 14.7 Å². The maximum Gasteiger partial charge on any atom is 0.337 e. The van der Waals surface area contributed by atoms with Gasteiger partial charge in [0.1, 0.15) is 13.2 Å². The maximum atomic E-state index is 12.8. The fourth-order valence-corrected chi connectivity index (χ4v) is 5.10. The van der Waals surface area contributed by atoms with E-state index in [1.807, 2.05) is 65.8 Å². The first-order valence-electron chi connectivity index (χ1n) is 13.1. The van der Waals surface area contributed by atoms with Gasteiger partial charge in [0.25, 0.3) is 0 Å². The van der Waals surface area contributed by atoms with Crippen molar-refractivity contribution < 1.29 is 28.9 Å². The Hall–Kier alpha value is -3.84. The Morgan fingerprint density at radius 2 is 1.49 bits per heavy atom. The zero-order valence-corrected chi connectivity index (χ0v) is 23.9. The molecule has 0 spiro atoms. The minimum Gasteiger partial charge on any atom is -0.486 e. The predicted molar refractivity (Wildman–Crippen MR) is 153 cm³/mol. The van der Waals surface area contributed by atoms with Crippen molar-refractivity contribution in [1.82, 2.24) is 0 Å². The van der Waals surface area contributed by atoms with Gasteiger partial charge in [-0.3, -0.25) is 4.79 Å². The minimum absolute atomic E-state index is 0.246. The second-order valence-corrected chi connectivity index (χ2v) is 11.1. The molecule has 3 aromatic carbocycles. The smallest absolute Gasteiger partial charge is 0.337 e. The molecule has 3 aromatic rings. The van der Waals surface area contributed by atoms with Crippen LogP contribution >= 0.6 is 0 Å². The fourth-order valence-electron chi connectivity index (χ4n) is 5.10. The van der Waals surface area contributed by atoms with Crippen molar-refractivity contribution in [2.75, 3.05) is 18.5 Å². The SMILES string of the molecule is CC(=O)Nc1c(C)c(C(OC(C)(C)C)C(=O)O)c(-c2ccc3c(c2)OCCO3)c(C)c1-c1ccc(C)c(C)c1. The fraction of sp³-hybridized carbons (Fsp3) is 0.375. The molecule has 1 heterocycles. The van der Waals surface area contributed by atoms with Crippen LogP contribution in [0.2, 0.25) is 0 Å². The summed E-state index contributed by atoms with van der Waals surface area (Å²) < 4.78 is 17.8. The number of hydrogen-bond donors (Lipinski definition) is 2. The minimum atomic E-state index is -1.28. The summed E-state index contributed by atoms with van der Waals surface area (Å²) in [4.78, 5) is 25.2. The highest BCUT2D eigenvalue weighted by Gasteiger charge is 2.34. The highest BCUT2D eigenvalue weighted by molar-refractivity contribution is 6.00. The van der Waals surface area contributed by atoms with E-state index in [-0.39, 0.29) is 5.91 Å². The van der Waals surface area contributed by atoms with E-state index in [2.05, 4.69) is 24.4 Å². The van der Waals surface area contributed by atoms with Crippen molar-refractivity contribution in [2.45, 2.75) is 67.1 Å². The lowest BCUT2D eigenvalue weighted by molar-refractivity contribution is -0.160. The second kappa shape index (κ2) is 10.7. The Kier molecular flexibility index (Phi) is 7.75. The number of fused-ring (bicyclic) bond motifs is 1. The molecule has 0 bridgehead atoms. The molecule has 0 aromatic heterocycles. The summed E-state index contributed by atoms with van der Waals surface area (Å²) in [5, 5.41) is 13.4. The van der Waals surface area contributed by atoms with Crippen LogP contribution in [-0.2, 0) is 14.3 Å². The Bertz CT molecular complexity index is 1450. The number of nitrogens with one attached hydrogen (secondary N) is 1. The number of carbonyl (C=O) groups excluding carboxylic acids is 1. The van der Waals surface area contributed by atoms with Crippen LogP contribution < -0.4 is 14.8 Å². The molecule has 0 radical (unpaired) electrons. The van der Waals surface area contributed by atoms with Gasteiger partial charge >= 0.3 is 5.97 Å². The van der Waals surface area contributed by atoms with Crippen molar-refractivity contribution in [2.24, 2.45) is 0 Å². The number of benzene rings is 3. The van der Waals surface area contributed by atoms with E-state index in [1.165, 1.54) is 6.92 Å². The Morgan fingerprint density at radius 1 is 0.872 bits per heavy atom. The van der Waals surface area contributed by atoms with Gasteiger partial charge < -0.3 is 24.6 Å². The van der Waals surface area contributed by atoms with E-state index in [4.69, 9.17) is 14.2 Å². The molecule has 1 aliphatic rings. The van der Waals surface area contributed by atoms with Crippen LogP contribution in [0.1, 0.15) is 61.6 Å². The third-order valence-electron chi connectivity index (χ3n) is 6.93. The molecular weight excluding hydrogens is 494 g/mol. The van der Waals surface area contributed by atoms with Crippen molar-refractivity contribution in [3.05, 3.63) is 64.2 Å². The van der Waals surface area contributed by atoms with Gasteiger partial charge in [0.05, 0.1) is 11.3 Å². The van der Waals surface area contributed by atoms with Gasteiger partial charge in [0, 0.05) is 18.1 Å². The first kappa shape index (κ1) is 28.2. The Morgan fingerprint density at radius 3 is 2.08 bits per heavy atom. The lowest BCUT2D eigenvalue weighted by Gasteiger charge is -2.31. The van der Waals surface area contributed by atoms with E-state index in [0.717, 1.165) is 38.9 Å². The molecule has 7 heteroatoms. The summed E-state index contributed by atoms with van der Waals surface area (Å²) in [5.74, 6) is -0.113. The van der Waals surface area contributed by atoms with Crippen molar-refractivity contribution >= 4 is 17.6 Å². The number of rotatable bonds is 6. The van der Waals surface area contributed by atoms with Gasteiger partial charge in [-0.1, -0.05) is 24.3 Å². The Balaban J connectivity index is 2.14. The van der Waals surface area contributed by atoms with Crippen molar-refractivity contribution in [1.29, 1.82) is 0 Å². The van der Waals surface area contributed by atoms with Crippen LogP contribution in [0.5, 0.6) is 11.5 Å². The van der Waals surface area contributed by atoms with Gasteiger partial charge in [0.2, 0.25) is 5.91 Å². The van der Waals surface area contributed by atoms with Crippen LogP contribution in [0.3, 0.4) is 0 Å². The number of carboxylic acid groups (broad SMARTS) is 1. The number of anilines is 1. The number of ether oxygens (including phenoxy) is 3. The van der Waals surface area contributed by atoms with Gasteiger partial charge in [-0.15, -0.1) is 0 Å². The number of carboxylic acids is 1. The monoisotopic (exact) mass is 531 g/mol. The van der Waals surface area contributed by atoms with Gasteiger partial charge in [0.15, 0.2) is 17.6 Å². The summed E-state index contributed by atoms with van der Waals surface area (Å²) in [6, 6.07) is 11.8. The molecule has 4 rings (SSSR count). The third-order valence-corrected chi connectivity index (χ3v) is 6.93. The predicted octanol–water partition coefficient (Wildman–Crippen LogP) is 6.92. The summed E-state index contributed by atoms with van der Waals surface area (Å²) in [5.41, 5.74) is 7.30. The Labute approximate surface area is 230 Å². The number of aryl methyl sites for hydroxylation is 2. The van der Waals surface area contributed by atoms with Gasteiger partial charge in [-0.2, -0.15) is 0 Å². The third kappa shape index (κ3) is 5.78. The lowest BCUT2D eigenvalue weighted by Crippen LogP contribution is -2.29. The second-order valence-electron chi connectivity index (χ2n) is 11.1. The highest BCUT2D eigenvalue weighted by atomic mass is 16.6. The molecule has 0 fully saturated rings. The van der Waals surface area contributed by atoms with E-state index < -0.39 is 17.7 Å². The van der Waals surface area contributed by atoms with Crippen LogP contribution in [0.25, 0.3) is 22.3 Å². The summed E-state index contributed by atoms with van der Waals surface area (Å²) in [6.07, 6.45) is -1.28. The van der Waals surface area contributed by atoms with Crippen LogP contribution in [0.15, 0.2) is 36.4 Å². The summed E-state index contributed by atoms with van der Waals surface area (Å²) >= 11 is 0. The van der Waals surface area contributed by atoms with Crippen molar-refractivity contribution in [3.63, 3.8) is 0 Å². The zero-order chi connectivity index (χ0) is 28.6. The molecule has 39 heavy (non-hydrogen) atoms.